The molecule has 1 N–H and O–H groups in total. The second kappa shape index (κ2) is 5.43. The van der Waals surface area contributed by atoms with Crippen LogP contribution in [0.3, 0.4) is 0 Å². The molecule has 0 radical (unpaired) electrons. The predicted molar refractivity (Wildman–Crippen MR) is 58.9 cm³/mol. The summed E-state index contributed by atoms with van der Waals surface area (Å²) in [6.07, 6.45) is 6.67. The van der Waals surface area contributed by atoms with Gasteiger partial charge in [0.25, 0.3) is 0 Å². The highest BCUT2D eigenvalue weighted by Gasteiger charge is 2.24. The zero-order chi connectivity index (χ0) is 9.68. The fourth-order valence-electron chi connectivity index (χ4n) is 1.56. The Kier molecular flexibility index (Phi) is 4.51. The van der Waals surface area contributed by atoms with Gasteiger partial charge in [0, 0.05) is 12.6 Å². The monoisotopic (exact) mass is 181 g/mol. The van der Waals surface area contributed by atoms with E-state index in [1.807, 2.05) is 0 Å². The molecule has 1 heteroatoms. The lowest BCUT2D eigenvalue weighted by Gasteiger charge is -2.17. The van der Waals surface area contributed by atoms with Gasteiger partial charge >= 0.3 is 0 Å². The minimum Gasteiger partial charge on any atom is -0.310 e. The fraction of sp³-hybridized carbons (Fsp3) is 0.833. The van der Waals surface area contributed by atoms with Gasteiger partial charge in [0.05, 0.1) is 0 Å². The van der Waals surface area contributed by atoms with Crippen LogP contribution in [0.1, 0.15) is 46.0 Å². The molecule has 76 valence electrons. The Morgan fingerprint density at radius 2 is 2.15 bits per heavy atom. The minimum atomic E-state index is 0.732. The van der Waals surface area contributed by atoms with E-state index in [4.69, 9.17) is 0 Å². The SMILES string of the molecule is C=C(CC)CNC(CC)CC1CC1. The summed E-state index contributed by atoms with van der Waals surface area (Å²) in [4.78, 5) is 0. The number of rotatable bonds is 7. The molecule has 0 amide bonds. The van der Waals surface area contributed by atoms with E-state index in [0.717, 1.165) is 24.9 Å². The van der Waals surface area contributed by atoms with Gasteiger partial charge in [0.2, 0.25) is 0 Å². The van der Waals surface area contributed by atoms with Crippen molar-refractivity contribution in [3.63, 3.8) is 0 Å². The normalized spacial score (nSPS) is 18.6. The van der Waals surface area contributed by atoms with Crippen molar-refractivity contribution in [2.24, 2.45) is 5.92 Å². The Balaban J connectivity index is 2.10. The van der Waals surface area contributed by atoms with Crippen molar-refractivity contribution in [1.82, 2.24) is 5.32 Å². The lowest BCUT2D eigenvalue weighted by Crippen LogP contribution is -2.30. The van der Waals surface area contributed by atoms with E-state index in [2.05, 4.69) is 25.7 Å². The molecule has 1 saturated carbocycles. The van der Waals surface area contributed by atoms with Crippen molar-refractivity contribution in [3.8, 4) is 0 Å². The highest BCUT2D eigenvalue weighted by molar-refractivity contribution is 4.96. The summed E-state index contributed by atoms with van der Waals surface area (Å²) in [5.74, 6) is 1.03. The lowest BCUT2D eigenvalue weighted by atomic mass is 10.1. The Labute approximate surface area is 82.6 Å². The van der Waals surface area contributed by atoms with Crippen molar-refractivity contribution >= 4 is 0 Å². The third-order valence-electron chi connectivity index (χ3n) is 2.95. The first kappa shape index (κ1) is 10.8. The molecule has 1 aliphatic rings. The van der Waals surface area contributed by atoms with Crippen LogP contribution in [0, 0.1) is 5.92 Å². The average Bonchev–Trinajstić information content (AvgIpc) is 2.95. The Morgan fingerprint density at radius 1 is 1.46 bits per heavy atom. The molecule has 0 aliphatic heterocycles. The maximum absolute atomic E-state index is 4.01. The molecule has 0 spiro atoms. The largest absolute Gasteiger partial charge is 0.310 e. The molecule has 0 aromatic rings. The van der Waals surface area contributed by atoms with Crippen LogP contribution in [-0.2, 0) is 0 Å². The number of nitrogens with one attached hydrogen (secondary N) is 1. The minimum absolute atomic E-state index is 0.732. The van der Waals surface area contributed by atoms with Gasteiger partial charge in [-0.3, -0.25) is 0 Å². The second-order valence-corrected chi connectivity index (χ2v) is 4.27. The van der Waals surface area contributed by atoms with E-state index in [9.17, 15) is 0 Å². The van der Waals surface area contributed by atoms with Crippen molar-refractivity contribution in [1.29, 1.82) is 0 Å². The third kappa shape index (κ3) is 4.47. The van der Waals surface area contributed by atoms with Gasteiger partial charge < -0.3 is 5.32 Å². The molecule has 0 heterocycles. The zero-order valence-electron chi connectivity index (χ0n) is 9.10. The van der Waals surface area contributed by atoms with Crippen LogP contribution in [0.2, 0.25) is 0 Å². The Morgan fingerprint density at radius 3 is 2.62 bits per heavy atom. The molecular weight excluding hydrogens is 158 g/mol. The second-order valence-electron chi connectivity index (χ2n) is 4.27. The summed E-state index contributed by atoms with van der Waals surface area (Å²) < 4.78 is 0. The fourth-order valence-corrected chi connectivity index (χ4v) is 1.56. The van der Waals surface area contributed by atoms with Crippen molar-refractivity contribution < 1.29 is 0 Å². The van der Waals surface area contributed by atoms with Gasteiger partial charge in [-0.1, -0.05) is 38.8 Å². The molecule has 1 unspecified atom stereocenters. The lowest BCUT2D eigenvalue weighted by molar-refractivity contribution is 0.460. The summed E-state index contributed by atoms with van der Waals surface area (Å²) in [5.41, 5.74) is 1.33. The summed E-state index contributed by atoms with van der Waals surface area (Å²) in [6.45, 7) is 9.47. The van der Waals surface area contributed by atoms with Crippen LogP contribution in [0.5, 0.6) is 0 Å². The maximum atomic E-state index is 4.01. The van der Waals surface area contributed by atoms with E-state index in [1.165, 1.54) is 31.3 Å². The molecule has 0 bridgehead atoms. The molecule has 1 atom stereocenters. The van der Waals surface area contributed by atoms with Crippen LogP contribution < -0.4 is 5.32 Å². The molecule has 0 aromatic carbocycles. The molecule has 1 fully saturated rings. The smallest absolute Gasteiger partial charge is 0.0164 e. The van der Waals surface area contributed by atoms with Crippen LogP contribution in [0.25, 0.3) is 0 Å². The number of hydrogen-bond donors (Lipinski definition) is 1. The molecule has 1 aliphatic carbocycles. The van der Waals surface area contributed by atoms with E-state index in [1.54, 1.807) is 0 Å². The molecule has 0 saturated heterocycles. The van der Waals surface area contributed by atoms with Crippen molar-refractivity contribution in [3.05, 3.63) is 12.2 Å². The zero-order valence-corrected chi connectivity index (χ0v) is 9.10. The summed E-state index contributed by atoms with van der Waals surface area (Å²) in [6, 6.07) is 0.732. The Bertz CT molecular complexity index is 159. The Hall–Kier alpha value is -0.300. The first-order valence-corrected chi connectivity index (χ1v) is 5.66. The van der Waals surface area contributed by atoms with Gasteiger partial charge in [-0.15, -0.1) is 0 Å². The van der Waals surface area contributed by atoms with E-state index in [0.29, 0.717) is 0 Å². The van der Waals surface area contributed by atoms with Gasteiger partial charge in [-0.25, -0.2) is 0 Å². The molecule has 13 heavy (non-hydrogen) atoms. The van der Waals surface area contributed by atoms with Gasteiger partial charge in [-0.2, -0.15) is 0 Å². The molecule has 1 nitrogen and oxygen atoms in total. The van der Waals surface area contributed by atoms with Crippen LogP contribution in [0.15, 0.2) is 12.2 Å². The van der Waals surface area contributed by atoms with Gasteiger partial charge in [0.15, 0.2) is 0 Å². The van der Waals surface area contributed by atoms with Crippen LogP contribution in [-0.4, -0.2) is 12.6 Å². The first-order chi connectivity index (χ1) is 6.26. The van der Waals surface area contributed by atoms with E-state index < -0.39 is 0 Å². The van der Waals surface area contributed by atoms with Crippen molar-refractivity contribution in [2.45, 2.75) is 52.0 Å². The molecular formula is C12H23N. The first-order valence-electron chi connectivity index (χ1n) is 5.66. The quantitative estimate of drug-likeness (QED) is 0.595. The predicted octanol–water partition coefficient (Wildman–Crippen LogP) is 3.12. The van der Waals surface area contributed by atoms with Crippen molar-refractivity contribution in [2.75, 3.05) is 6.54 Å². The standard InChI is InChI=1S/C12H23N/c1-4-10(3)9-13-12(5-2)8-11-6-7-11/h11-13H,3-9H2,1-2H3. The van der Waals surface area contributed by atoms with Crippen LogP contribution in [0.4, 0.5) is 0 Å². The molecule has 0 aromatic heterocycles. The summed E-state index contributed by atoms with van der Waals surface area (Å²) in [5, 5.41) is 3.59. The average molecular weight is 181 g/mol. The van der Waals surface area contributed by atoms with E-state index in [-0.39, 0.29) is 0 Å². The topological polar surface area (TPSA) is 12.0 Å². The maximum Gasteiger partial charge on any atom is 0.0164 e. The highest BCUT2D eigenvalue weighted by atomic mass is 14.9. The van der Waals surface area contributed by atoms with Crippen LogP contribution >= 0.6 is 0 Å². The highest BCUT2D eigenvalue weighted by Crippen LogP contribution is 2.33. The summed E-state index contributed by atoms with van der Waals surface area (Å²) >= 11 is 0. The van der Waals surface area contributed by atoms with Gasteiger partial charge in [0.1, 0.15) is 0 Å². The molecule has 1 rings (SSSR count). The number of hydrogen-bond acceptors (Lipinski definition) is 1. The third-order valence-corrected chi connectivity index (χ3v) is 2.95. The van der Waals surface area contributed by atoms with Gasteiger partial charge in [-0.05, 0) is 25.2 Å². The summed E-state index contributed by atoms with van der Waals surface area (Å²) in [7, 11) is 0. The van der Waals surface area contributed by atoms with E-state index >= 15 is 0 Å².